The van der Waals surface area contributed by atoms with E-state index in [-0.39, 0.29) is 0 Å². The van der Waals surface area contributed by atoms with E-state index in [2.05, 4.69) is 40.8 Å². The number of rotatable bonds is 5. The van der Waals surface area contributed by atoms with E-state index < -0.39 is 0 Å². The molecule has 0 fully saturated rings. The summed E-state index contributed by atoms with van der Waals surface area (Å²) in [5.41, 5.74) is 1.22. The Kier molecular flexibility index (Phi) is 3.69. The molecule has 0 unspecified atom stereocenters. The molecule has 5 heteroatoms. The van der Waals surface area contributed by atoms with Gasteiger partial charge in [-0.15, -0.1) is 0 Å². The molecule has 0 aromatic carbocycles. The number of nitrogens with one attached hydrogen (secondary N) is 1. The Morgan fingerprint density at radius 3 is 3.06 bits per heavy atom. The van der Waals surface area contributed by atoms with E-state index in [1.165, 1.54) is 5.56 Å². The van der Waals surface area contributed by atoms with Crippen LogP contribution in [0.5, 0.6) is 0 Å². The SMILES string of the molecule is CC(C)NCc1noc(Cc2ccsc2)n1. The van der Waals surface area contributed by atoms with Gasteiger partial charge in [-0.05, 0) is 22.4 Å². The monoisotopic (exact) mass is 237 g/mol. The number of aromatic nitrogens is 2. The van der Waals surface area contributed by atoms with E-state index in [0.29, 0.717) is 18.5 Å². The van der Waals surface area contributed by atoms with Gasteiger partial charge in [-0.25, -0.2) is 0 Å². The molecule has 2 aromatic heterocycles. The number of hydrogen-bond donors (Lipinski definition) is 1. The fourth-order valence-corrected chi connectivity index (χ4v) is 1.97. The summed E-state index contributed by atoms with van der Waals surface area (Å²) in [5.74, 6) is 1.40. The van der Waals surface area contributed by atoms with Crippen molar-refractivity contribution in [3.63, 3.8) is 0 Å². The van der Waals surface area contributed by atoms with Gasteiger partial charge in [0.05, 0.1) is 13.0 Å². The summed E-state index contributed by atoms with van der Waals surface area (Å²) in [5, 5.41) is 11.3. The number of hydrogen-bond acceptors (Lipinski definition) is 5. The maximum atomic E-state index is 5.17. The van der Waals surface area contributed by atoms with Gasteiger partial charge in [0.25, 0.3) is 0 Å². The largest absolute Gasteiger partial charge is 0.339 e. The van der Waals surface area contributed by atoms with Crippen LogP contribution in [0, 0.1) is 0 Å². The van der Waals surface area contributed by atoms with E-state index in [9.17, 15) is 0 Å². The Morgan fingerprint density at radius 1 is 1.50 bits per heavy atom. The van der Waals surface area contributed by atoms with Crippen molar-refractivity contribution in [3.8, 4) is 0 Å². The lowest BCUT2D eigenvalue weighted by Gasteiger charge is -2.03. The molecule has 0 aliphatic rings. The van der Waals surface area contributed by atoms with Gasteiger partial charge in [0, 0.05) is 6.04 Å². The van der Waals surface area contributed by atoms with Gasteiger partial charge < -0.3 is 9.84 Å². The van der Waals surface area contributed by atoms with Crippen molar-refractivity contribution in [1.82, 2.24) is 15.5 Å². The zero-order valence-electron chi connectivity index (χ0n) is 9.43. The van der Waals surface area contributed by atoms with Crippen molar-refractivity contribution in [3.05, 3.63) is 34.1 Å². The maximum Gasteiger partial charge on any atom is 0.231 e. The van der Waals surface area contributed by atoms with E-state index in [1.54, 1.807) is 11.3 Å². The molecule has 86 valence electrons. The third kappa shape index (κ3) is 3.15. The van der Waals surface area contributed by atoms with Crippen molar-refractivity contribution in [2.75, 3.05) is 0 Å². The Hall–Kier alpha value is -1.20. The van der Waals surface area contributed by atoms with Crippen LogP contribution in [0.2, 0.25) is 0 Å². The van der Waals surface area contributed by atoms with Gasteiger partial charge in [0.15, 0.2) is 5.82 Å². The molecular weight excluding hydrogens is 222 g/mol. The molecule has 0 aliphatic carbocycles. The van der Waals surface area contributed by atoms with Crippen LogP contribution in [-0.2, 0) is 13.0 Å². The molecule has 2 aromatic rings. The zero-order chi connectivity index (χ0) is 11.4. The minimum atomic E-state index is 0.429. The summed E-state index contributed by atoms with van der Waals surface area (Å²) in [7, 11) is 0. The van der Waals surface area contributed by atoms with Gasteiger partial charge in [0.1, 0.15) is 0 Å². The second kappa shape index (κ2) is 5.23. The summed E-state index contributed by atoms with van der Waals surface area (Å²) in [6, 6.07) is 2.50. The average Bonchev–Trinajstić information content (AvgIpc) is 2.87. The molecule has 2 rings (SSSR count). The molecular formula is C11H15N3OS. The lowest BCUT2D eigenvalue weighted by Crippen LogP contribution is -2.22. The maximum absolute atomic E-state index is 5.17. The Morgan fingerprint density at radius 2 is 2.38 bits per heavy atom. The van der Waals surface area contributed by atoms with Crippen LogP contribution in [0.1, 0.15) is 31.1 Å². The first-order valence-electron chi connectivity index (χ1n) is 5.30. The van der Waals surface area contributed by atoms with Crippen LogP contribution in [0.4, 0.5) is 0 Å². The fourth-order valence-electron chi connectivity index (χ4n) is 1.30. The topological polar surface area (TPSA) is 51.0 Å². The highest BCUT2D eigenvalue weighted by molar-refractivity contribution is 7.07. The predicted octanol–water partition coefficient (Wildman–Crippen LogP) is 2.22. The van der Waals surface area contributed by atoms with Crippen molar-refractivity contribution in [2.24, 2.45) is 0 Å². The molecule has 1 N–H and O–H groups in total. The molecule has 0 radical (unpaired) electrons. The van der Waals surface area contributed by atoms with Crippen LogP contribution in [-0.4, -0.2) is 16.2 Å². The van der Waals surface area contributed by atoms with Crippen LogP contribution in [0.3, 0.4) is 0 Å². The molecule has 0 aliphatic heterocycles. The summed E-state index contributed by atoms with van der Waals surface area (Å²) in [6.45, 7) is 4.84. The third-order valence-corrected chi connectivity index (χ3v) is 2.85. The normalized spacial score (nSPS) is 11.2. The lowest BCUT2D eigenvalue weighted by molar-refractivity contribution is 0.377. The summed E-state index contributed by atoms with van der Waals surface area (Å²) < 4.78 is 5.17. The van der Waals surface area contributed by atoms with E-state index >= 15 is 0 Å². The average molecular weight is 237 g/mol. The molecule has 0 amide bonds. The van der Waals surface area contributed by atoms with Gasteiger partial charge in [-0.3, -0.25) is 0 Å². The molecule has 0 atom stereocenters. The number of thiophene rings is 1. The lowest BCUT2D eigenvalue weighted by atomic mass is 10.2. The van der Waals surface area contributed by atoms with E-state index in [4.69, 9.17) is 4.52 Å². The molecule has 4 nitrogen and oxygen atoms in total. The molecule has 0 bridgehead atoms. The number of nitrogens with zero attached hydrogens (tertiary/aromatic N) is 2. The minimum absolute atomic E-state index is 0.429. The van der Waals surface area contributed by atoms with E-state index in [1.807, 2.05) is 5.38 Å². The molecule has 16 heavy (non-hydrogen) atoms. The summed E-state index contributed by atoms with van der Waals surface area (Å²) in [6.07, 6.45) is 0.720. The van der Waals surface area contributed by atoms with Crippen molar-refractivity contribution < 1.29 is 4.52 Å². The fraction of sp³-hybridized carbons (Fsp3) is 0.455. The first-order chi connectivity index (χ1) is 7.74. The Bertz CT molecular complexity index is 422. The highest BCUT2D eigenvalue weighted by Gasteiger charge is 2.07. The molecule has 0 spiro atoms. The first-order valence-corrected chi connectivity index (χ1v) is 6.24. The van der Waals surface area contributed by atoms with Gasteiger partial charge in [-0.2, -0.15) is 16.3 Å². The van der Waals surface area contributed by atoms with Crippen LogP contribution in [0.15, 0.2) is 21.3 Å². The Labute approximate surface area is 98.7 Å². The highest BCUT2D eigenvalue weighted by atomic mass is 32.1. The van der Waals surface area contributed by atoms with Gasteiger partial charge >= 0.3 is 0 Å². The van der Waals surface area contributed by atoms with Crippen molar-refractivity contribution in [2.45, 2.75) is 32.9 Å². The van der Waals surface area contributed by atoms with Crippen LogP contribution in [0.25, 0.3) is 0 Å². The second-order valence-electron chi connectivity index (χ2n) is 3.95. The summed E-state index contributed by atoms with van der Waals surface area (Å²) >= 11 is 1.68. The zero-order valence-corrected chi connectivity index (χ0v) is 10.3. The predicted molar refractivity (Wildman–Crippen MR) is 63.4 cm³/mol. The quantitative estimate of drug-likeness (QED) is 0.866. The minimum Gasteiger partial charge on any atom is -0.339 e. The Balaban J connectivity index is 1.92. The molecule has 2 heterocycles. The van der Waals surface area contributed by atoms with Gasteiger partial charge in [0.2, 0.25) is 5.89 Å². The van der Waals surface area contributed by atoms with Crippen LogP contribution < -0.4 is 5.32 Å². The van der Waals surface area contributed by atoms with Crippen molar-refractivity contribution >= 4 is 11.3 Å². The van der Waals surface area contributed by atoms with Crippen LogP contribution >= 0.6 is 11.3 Å². The summed E-state index contributed by atoms with van der Waals surface area (Å²) in [4.78, 5) is 4.32. The van der Waals surface area contributed by atoms with E-state index in [0.717, 1.165) is 12.2 Å². The second-order valence-corrected chi connectivity index (χ2v) is 4.73. The highest BCUT2D eigenvalue weighted by Crippen LogP contribution is 2.11. The standard InChI is InChI=1S/C11H15N3OS/c1-8(2)12-6-10-13-11(15-14-10)5-9-3-4-16-7-9/h3-4,7-8,12H,5-6H2,1-2H3. The molecule has 0 saturated carbocycles. The van der Waals surface area contributed by atoms with Gasteiger partial charge in [-0.1, -0.05) is 19.0 Å². The first kappa shape index (κ1) is 11.3. The molecule has 0 saturated heterocycles. The van der Waals surface area contributed by atoms with Crippen molar-refractivity contribution in [1.29, 1.82) is 0 Å². The third-order valence-electron chi connectivity index (χ3n) is 2.11. The smallest absolute Gasteiger partial charge is 0.231 e.